The summed E-state index contributed by atoms with van der Waals surface area (Å²) in [6, 6.07) is 5.52. The van der Waals surface area contributed by atoms with Crippen LogP contribution < -0.4 is 0 Å². The smallest absolute Gasteiger partial charge is 0.196 e. The molecule has 0 aromatic carbocycles. The van der Waals surface area contributed by atoms with Crippen LogP contribution in [0, 0.1) is 6.92 Å². The van der Waals surface area contributed by atoms with Crippen molar-refractivity contribution in [2.45, 2.75) is 6.92 Å². The van der Waals surface area contributed by atoms with Gasteiger partial charge in [0.25, 0.3) is 0 Å². The van der Waals surface area contributed by atoms with Gasteiger partial charge in [0.05, 0.1) is 0 Å². The van der Waals surface area contributed by atoms with Gasteiger partial charge < -0.3 is 4.42 Å². The van der Waals surface area contributed by atoms with E-state index in [1.165, 1.54) is 0 Å². The quantitative estimate of drug-likeness (QED) is 0.718. The molecular formula is C9H7BrN2O. The number of hydrogen-bond acceptors (Lipinski definition) is 3. The van der Waals surface area contributed by atoms with E-state index in [0.717, 1.165) is 10.4 Å². The van der Waals surface area contributed by atoms with E-state index in [2.05, 4.69) is 25.9 Å². The third kappa shape index (κ3) is 1.78. The lowest BCUT2D eigenvalue weighted by atomic mass is 10.4. The molecule has 0 bridgehead atoms. The highest BCUT2D eigenvalue weighted by Gasteiger charge is 2.04. The molecule has 2 heterocycles. The van der Waals surface area contributed by atoms with Gasteiger partial charge in [-0.3, -0.25) is 0 Å². The Balaban J connectivity index is 2.46. The summed E-state index contributed by atoms with van der Waals surface area (Å²) in [5.41, 5.74) is 0. The third-order valence-corrected chi connectivity index (χ3v) is 2.02. The van der Waals surface area contributed by atoms with Crippen LogP contribution in [0.3, 0.4) is 0 Å². The number of aryl methyl sites for hydroxylation is 1. The van der Waals surface area contributed by atoms with Gasteiger partial charge in [0.2, 0.25) is 0 Å². The van der Waals surface area contributed by atoms with Crippen LogP contribution in [0.25, 0.3) is 11.6 Å². The number of furan rings is 1. The SMILES string of the molecule is Cc1ccc(-c2nccc(Br)n2)o1. The lowest BCUT2D eigenvalue weighted by Gasteiger charge is -1.94. The monoisotopic (exact) mass is 238 g/mol. The van der Waals surface area contributed by atoms with Gasteiger partial charge in [0.15, 0.2) is 11.6 Å². The number of halogens is 1. The summed E-state index contributed by atoms with van der Waals surface area (Å²) in [5.74, 6) is 2.15. The van der Waals surface area contributed by atoms with E-state index in [-0.39, 0.29) is 0 Å². The molecule has 0 aliphatic carbocycles. The highest BCUT2D eigenvalue weighted by Crippen LogP contribution is 2.18. The summed E-state index contributed by atoms with van der Waals surface area (Å²) in [6.45, 7) is 1.89. The molecule has 0 N–H and O–H groups in total. The van der Waals surface area contributed by atoms with E-state index in [0.29, 0.717) is 11.6 Å². The van der Waals surface area contributed by atoms with Crippen LogP contribution in [0.5, 0.6) is 0 Å². The highest BCUT2D eigenvalue weighted by molar-refractivity contribution is 9.10. The van der Waals surface area contributed by atoms with Crippen molar-refractivity contribution >= 4 is 15.9 Å². The van der Waals surface area contributed by atoms with Gasteiger partial charge in [0, 0.05) is 6.20 Å². The van der Waals surface area contributed by atoms with E-state index in [1.54, 1.807) is 12.3 Å². The van der Waals surface area contributed by atoms with E-state index >= 15 is 0 Å². The molecule has 0 aliphatic heterocycles. The fourth-order valence-electron chi connectivity index (χ4n) is 1.01. The van der Waals surface area contributed by atoms with E-state index in [9.17, 15) is 0 Å². The Morgan fingerprint density at radius 2 is 2.15 bits per heavy atom. The summed E-state index contributed by atoms with van der Waals surface area (Å²) >= 11 is 3.27. The molecule has 2 aromatic rings. The maximum Gasteiger partial charge on any atom is 0.196 e. The molecule has 0 saturated carbocycles. The Labute approximate surface area is 84.0 Å². The van der Waals surface area contributed by atoms with Crippen molar-refractivity contribution in [1.29, 1.82) is 0 Å². The molecule has 4 heteroatoms. The first-order chi connectivity index (χ1) is 6.25. The minimum atomic E-state index is 0.600. The minimum absolute atomic E-state index is 0.600. The van der Waals surface area contributed by atoms with Crippen LogP contribution in [0.15, 0.2) is 33.4 Å². The fourth-order valence-corrected chi connectivity index (χ4v) is 1.30. The maximum absolute atomic E-state index is 5.38. The summed E-state index contributed by atoms with van der Waals surface area (Å²) in [6.07, 6.45) is 1.68. The normalized spacial score (nSPS) is 10.3. The van der Waals surface area contributed by atoms with Gasteiger partial charge >= 0.3 is 0 Å². The number of aromatic nitrogens is 2. The first-order valence-electron chi connectivity index (χ1n) is 3.81. The van der Waals surface area contributed by atoms with Gasteiger partial charge in [-0.15, -0.1) is 0 Å². The Morgan fingerprint density at radius 1 is 1.31 bits per heavy atom. The second-order valence-electron chi connectivity index (χ2n) is 2.61. The Bertz CT molecular complexity index is 425. The largest absolute Gasteiger partial charge is 0.458 e. The summed E-state index contributed by atoms with van der Waals surface area (Å²) in [7, 11) is 0. The predicted molar refractivity (Wildman–Crippen MR) is 52.2 cm³/mol. The molecule has 0 saturated heterocycles. The molecule has 0 radical (unpaired) electrons. The van der Waals surface area contributed by atoms with Crippen LogP contribution in [0.1, 0.15) is 5.76 Å². The zero-order chi connectivity index (χ0) is 9.26. The molecule has 0 fully saturated rings. The molecule has 0 amide bonds. The lowest BCUT2D eigenvalue weighted by Crippen LogP contribution is -1.85. The lowest BCUT2D eigenvalue weighted by molar-refractivity contribution is 0.544. The summed E-state index contributed by atoms with van der Waals surface area (Å²) in [4.78, 5) is 8.26. The number of rotatable bonds is 1. The highest BCUT2D eigenvalue weighted by atomic mass is 79.9. The number of hydrogen-bond donors (Lipinski definition) is 0. The Hall–Kier alpha value is -1.16. The van der Waals surface area contributed by atoms with Gasteiger partial charge in [-0.05, 0) is 41.1 Å². The minimum Gasteiger partial charge on any atom is -0.458 e. The van der Waals surface area contributed by atoms with Crippen molar-refractivity contribution in [3.63, 3.8) is 0 Å². The number of nitrogens with zero attached hydrogens (tertiary/aromatic N) is 2. The summed E-state index contributed by atoms with van der Waals surface area (Å²) < 4.78 is 6.13. The standard InChI is InChI=1S/C9H7BrN2O/c1-6-2-3-7(13-6)9-11-5-4-8(10)12-9/h2-5H,1H3. The molecule has 0 aliphatic rings. The van der Waals surface area contributed by atoms with Gasteiger partial charge in [-0.25, -0.2) is 9.97 Å². The second kappa shape index (κ2) is 3.30. The summed E-state index contributed by atoms with van der Waals surface area (Å²) in [5, 5.41) is 0. The average molecular weight is 239 g/mol. The van der Waals surface area contributed by atoms with Crippen molar-refractivity contribution in [3.8, 4) is 11.6 Å². The molecular weight excluding hydrogens is 232 g/mol. The molecule has 0 unspecified atom stereocenters. The third-order valence-electron chi connectivity index (χ3n) is 1.58. The van der Waals surface area contributed by atoms with Crippen LogP contribution >= 0.6 is 15.9 Å². The van der Waals surface area contributed by atoms with Crippen LogP contribution in [0.2, 0.25) is 0 Å². The molecule has 2 rings (SSSR count). The maximum atomic E-state index is 5.38. The first-order valence-corrected chi connectivity index (χ1v) is 4.60. The van der Waals surface area contributed by atoms with Crippen molar-refractivity contribution in [2.24, 2.45) is 0 Å². The molecule has 3 nitrogen and oxygen atoms in total. The van der Waals surface area contributed by atoms with Crippen LogP contribution in [-0.2, 0) is 0 Å². The van der Waals surface area contributed by atoms with Crippen LogP contribution in [-0.4, -0.2) is 9.97 Å². The van der Waals surface area contributed by atoms with Gasteiger partial charge in [0.1, 0.15) is 10.4 Å². The molecule has 66 valence electrons. The van der Waals surface area contributed by atoms with E-state index in [1.807, 2.05) is 19.1 Å². The van der Waals surface area contributed by atoms with E-state index in [4.69, 9.17) is 4.42 Å². The van der Waals surface area contributed by atoms with Crippen molar-refractivity contribution in [1.82, 2.24) is 9.97 Å². The Morgan fingerprint density at radius 3 is 2.77 bits per heavy atom. The zero-order valence-corrected chi connectivity index (χ0v) is 8.58. The second-order valence-corrected chi connectivity index (χ2v) is 3.43. The van der Waals surface area contributed by atoms with Crippen LogP contribution in [0.4, 0.5) is 0 Å². The van der Waals surface area contributed by atoms with Gasteiger partial charge in [-0.2, -0.15) is 0 Å². The molecule has 0 spiro atoms. The molecule has 13 heavy (non-hydrogen) atoms. The Kier molecular flexibility index (Phi) is 2.14. The average Bonchev–Trinajstić information content (AvgIpc) is 2.52. The first kappa shape index (κ1) is 8.44. The van der Waals surface area contributed by atoms with Crippen molar-refractivity contribution < 1.29 is 4.42 Å². The predicted octanol–water partition coefficient (Wildman–Crippen LogP) is 2.81. The van der Waals surface area contributed by atoms with Crippen molar-refractivity contribution in [3.05, 3.63) is 34.8 Å². The zero-order valence-electron chi connectivity index (χ0n) is 6.99. The fraction of sp³-hybridized carbons (Fsp3) is 0.111. The molecule has 0 atom stereocenters. The van der Waals surface area contributed by atoms with Crippen molar-refractivity contribution in [2.75, 3.05) is 0 Å². The topological polar surface area (TPSA) is 38.9 Å². The van der Waals surface area contributed by atoms with Gasteiger partial charge in [-0.1, -0.05) is 0 Å². The van der Waals surface area contributed by atoms with E-state index < -0.39 is 0 Å². The molecule has 2 aromatic heterocycles.